The zero-order valence-electron chi connectivity index (χ0n) is 28.9. The maximum Gasteiger partial charge on any atom is 0.407 e. The van der Waals surface area contributed by atoms with Crippen LogP contribution in [0.5, 0.6) is 0 Å². The fraction of sp³-hybridized carbons (Fsp3) is 0.778. The van der Waals surface area contributed by atoms with Gasteiger partial charge < -0.3 is 39.7 Å². The highest BCUT2D eigenvalue weighted by Gasteiger charge is 2.45. The van der Waals surface area contributed by atoms with E-state index < -0.39 is 36.0 Å². The van der Waals surface area contributed by atoms with Crippen LogP contribution in [0.4, 0.5) is 4.79 Å². The molecule has 3 rings (SSSR count). The van der Waals surface area contributed by atoms with Crippen molar-refractivity contribution in [3.05, 3.63) is 36.0 Å². The van der Waals surface area contributed by atoms with Gasteiger partial charge in [-0.1, -0.05) is 58.4 Å². The summed E-state index contributed by atoms with van der Waals surface area (Å²) in [5.41, 5.74) is -0.638. The van der Waals surface area contributed by atoms with Crippen LogP contribution in [0.3, 0.4) is 0 Å². The van der Waals surface area contributed by atoms with Gasteiger partial charge >= 0.3 is 12.1 Å². The topological polar surface area (TPSA) is 141 Å². The second-order valence-electron chi connectivity index (χ2n) is 14.0. The van der Waals surface area contributed by atoms with Gasteiger partial charge in [0.1, 0.15) is 11.7 Å². The first kappa shape index (κ1) is 38.2. The van der Waals surface area contributed by atoms with Crippen molar-refractivity contribution in [1.29, 1.82) is 0 Å². The summed E-state index contributed by atoms with van der Waals surface area (Å²) in [5.74, 6) is -0.449. The van der Waals surface area contributed by atoms with Crippen LogP contribution in [0.15, 0.2) is 36.0 Å². The SMILES string of the molecule is CCC(O)C(C)C1OC1CC(C)C=CC=C(C)C1OC(=O)CC(O)CCC(C)(O)C(OC(=O)NCCN2CCCCC2)C=CC1C. The molecule has 0 radical (unpaired) electrons. The van der Waals surface area contributed by atoms with E-state index in [1.54, 1.807) is 13.0 Å². The minimum absolute atomic E-state index is 0.0981. The largest absolute Gasteiger partial charge is 0.457 e. The Morgan fingerprint density at radius 1 is 1.24 bits per heavy atom. The number of hydrogen-bond acceptors (Lipinski definition) is 9. The van der Waals surface area contributed by atoms with E-state index in [0.717, 1.165) is 31.6 Å². The Bertz CT molecular complexity index is 1050. The minimum atomic E-state index is -1.46. The van der Waals surface area contributed by atoms with Gasteiger partial charge in [0.05, 0.1) is 30.8 Å². The summed E-state index contributed by atoms with van der Waals surface area (Å²) < 4.78 is 17.4. The monoisotopic (exact) mass is 648 g/mol. The number of ether oxygens (including phenoxy) is 3. The smallest absolute Gasteiger partial charge is 0.407 e. The van der Waals surface area contributed by atoms with Gasteiger partial charge in [0.2, 0.25) is 0 Å². The van der Waals surface area contributed by atoms with Crippen LogP contribution in [0, 0.1) is 17.8 Å². The molecule has 2 saturated heterocycles. The van der Waals surface area contributed by atoms with Gasteiger partial charge in [0.15, 0.2) is 6.10 Å². The summed E-state index contributed by atoms with van der Waals surface area (Å²) >= 11 is 0. The van der Waals surface area contributed by atoms with Crippen molar-refractivity contribution in [2.24, 2.45) is 17.8 Å². The number of amides is 1. The summed E-state index contributed by atoms with van der Waals surface area (Å²) in [6.45, 7) is 14.8. The van der Waals surface area contributed by atoms with E-state index >= 15 is 0 Å². The lowest BCUT2D eigenvalue weighted by Crippen LogP contribution is -2.45. The van der Waals surface area contributed by atoms with E-state index in [1.807, 2.05) is 45.9 Å². The van der Waals surface area contributed by atoms with Crippen molar-refractivity contribution < 1.29 is 39.1 Å². The number of esters is 1. The number of nitrogens with one attached hydrogen (secondary N) is 1. The molecule has 10 nitrogen and oxygen atoms in total. The number of cyclic esters (lactones) is 1. The molecule has 0 aromatic carbocycles. The summed E-state index contributed by atoms with van der Waals surface area (Å²) in [5, 5.41) is 34.8. The first-order chi connectivity index (χ1) is 21.8. The lowest BCUT2D eigenvalue weighted by Gasteiger charge is -2.33. The third-order valence-electron chi connectivity index (χ3n) is 9.72. The Labute approximate surface area is 276 Å². The summed E-state index contributed by atoms with van der Waals surface area (Å²) in [6.07, 6.45) is 11.4. The second kappa shape index (κ2) is 18.3. The molecule has 2 fully saturated rings. The van der Waals surface area contributed by atoms with Crippen LogP contribution in [-0.2, 0) is 19.0 Å². The normalized spacial score (nSPS) is 33.8. The molecule has 0 bridgehead atoms. The molecule has 46 heavy (non-hydrogen) atoms. The molecule has 10 unspecified atom stereocenters. The number of carbonyl (C=O) groups excluding carboxylic acids is 2. The molecule has 0 aromatic heterocycles. The van der Waals surface area contributed by atoms with Crippen LogP contribution < -0.4 is 5.32 Å². The lowest BCUT2D eigenvalue weighted by atomic mass is 9.88. The molecule has 3 aliphatic rings. The van der Waals surface area contributed by atoms with Crippen LogP contribution in [0.25, 0.3) is 0 Å². The number of carbonyl (C=O) groups is 2. The highest BCUT2D eigenvalue weighted by atomic mass is 16.6. The third-order valence-corrected chi connectivity index (χ3v) is 9.72. The predicted molar refractivity (Wildman–Crippen MR) is 178 cm³/mol. The minimum Gasteiger partial charge on any atom is -0.457 e. The van der Waals surface area contributed by atoms with E-state index in [4.69, 9.17) is 14.2 Å². The fourth-order valence-electron chi connectivity index (χ4n) is 6.44. The molecular formula is C36H60N2O8. The Morgan fingerprint density at radius 3 is 2.65 bits per heavy atom. The van der Waals surface area contributed by atoms with E-state index in [0.29, 0.717) is 13.0 Å². The van der Waals surface area contributed by atoms with Crippen molar-refractivity contribution in [3.8, 4) is 0 Å². The number of aliphatic hydroxyl groups excluding tert-OH is 2. The van der Waals surface area contributed by atoms with Gasteiger partial charge in [-0.25, -0.2) is 4.79 Å². The van der Waals surface area contributed by atoms with Gasteiger partial charge in [-0.05, 0) is 83.0 Å². The highest BCUT2D eigenvalue weighted by Crippen LogP contribution is 2.36. The number of aliphatic hydroxyl groups is 3. The Kier molecular flexibility index (Phi) is 15.2. The molecule has 4 N–H and O–H groups in total. The predicted octanol–water partition coefficient (Wildman–Crippen LogP) is 4.67. The zero-order valence-corrected chi connectivity index (χ0v) is 28.9. The van der Waals surface area contributed by atoms with Crippen LogP contribution in [0.1, 0.15) is 92.9 Å². The van der Waals surface area contributed by atoms with Gasteiger partial charge in [-0.2, -0.15) is 0 Å². The van der Waals surface area contributed by atoms with Gasteiger partial charge in [0, 0.05) is 24.9 Å². The van der Waals surface area contributed by atoms with Crippen LogP contribution >= 0.6 is 0 Å². The summed E-state index contributed by atoms with van der Waals surface area (Å²) in [4.78, 5) is 27.9. The standard InChI is InChI=1S/C36H60N2O8/c1-7-29(40)27(5)34-30(44-34)22-24(2)12-11-13-25(3)33-26(4)14-15-31(36(6,43)17-16-28(39)23-32(41)46-33)45-35(42)37-18-21-38-19-9-8-10-20-38/h11-15,24,26-31,33-34,39-40,43H,7-10,16-23H2,1-6H3,(H,37,42). The van der Waals surface area contributed by atoms with Crippen LogP contribution in [-0.4, -0.2) is 101 Å². The number of alkyl carbamates (subject to hydrolysis) is 1. The molecule has 3 heterocycles. The molecule has 0 saturated carbocycles. The maximum atomic E-state index is 12.8. The number of nitrogens with zero attached hydrogens (tertiary/aromatic N) is 1. The Hall–Kier alpha value is -2.24. The average molecular weight is 649 g/mol. The van der Waals surface area contributed by atoms with Crippen LogP contribution in [0.2, 0.25) is 0 Å². The first-order valence-corrected chi connectivity index (χ1v) is 17.4. The van der Waals surface area contributed by atoms with Crippen molar-refractivity contribution in [1.82, 2.24) is 10.2 Å². The van der Waals surface area contributed by atoms with E-state index in [1.165, 1.54) is 19.3 Å². The van der Waals surface area contributed by atoms with Crippen molar-refractivity contribution in [2.45, 2.75) is 135 Å². The quantitative estimate of drug-likeness (QED) is 0.103. The molecule has 1 amide bonds. The zero-order chi connectivity index (χ0) is 33.9. The molecule has 3 aliphatic heterocycles. The fourth-order valence-corrected chi connectivity index (χ4v) is 6.44. The molecule has 10 heteroatoms. The van der Waals surface area contributed by atoms with Crippen molar-refractivity contribution >= 4 is 12.1 Å². The van der Waals surface area contributed by atoms with Crippen molar-refractivity contribution in [3.63, 3.8) is 0 Å². The molecule has 0 aromatic rings. The number of rotatable bonds is 12. The Morgan fingerprint density at radius 2 is 1.96 bits per heavy atom. The highest BCUT2D eigenvalue weighted by molar-refractivity contribution is 5.70. The number of epoxide rings is 1. The first-order valence-electron chi connectivity index (χ1n) is 17.4. The summed E-state index contributed by atoms with van der Waals surface area (Å²) in [7, 11) is 0. The molecule has 262 valence electrons. The molecule has 10 atom stereocenters. The number of hydrogen-bond donors (Lipinski definition) is 4. The molecule has 0 spiro atoms. The maximum absolute atomic E-state index is 12.8. The van der Waals surface area contributed by atoms with Gasteiger partial charge in [-0.3, -0.25) is 4.79 Å². The number of likely N-dealkylation sites (tertiary alicyclic amines) is 1. The number of allylic oxidation sites excluding steroid dienone is 3. The average Bonchev–Trinajstić information content (AvgIpc) is 3.78. The summed E-state index contributed by atoms with van der Waals surface area (Å²) in [6, 6.07) is 0. The van der Waals surface area contributed by atoms with Crippen molar-refractivity contribution in [2.75, 3.05) is 26.2 Å². The lowest BCUT2D eigenvalue weighted by molar-refractivity contribution is -0.151. The molecular weight excluding hydrogens is 588 g/mol. The second-order valence-corrected chi connectivity index (χ2v) is 14.0. The molecule has 0 aliphatic carbocycles. The van der Waals surface area contributed by atoms with E-state index in [9.17, 15) is 24.9 Å². The van der Waals surface area contributed by atoms with E-state index in [-0.39, 0.29) is 55.3 Å². The van der Waals surface area contributed by atoms with Gasteiger partial charge in [-0.15, -0.1) is 0 Å². The Balaban J connectivity index is 1.65. The third kappa shape index (κ3) is 12.4. The number of piperidine rings is 1. The van der Waals surface area contributed by atoms with E-state index in [2.05, 4.69) is 23.2 Å². The van der Waals surface area contributed by atoms with Gasteiger partial charge in [0.25, 0.3) is 0 Å².